The van der Waals surface area contributed by atoms with Crippen molar-refractivity contribution in [3.63, 3.8) is 0 Å². The summed E-state index contributed by atoms with van der Waals surface area (Å²) in [6, 6.07) is 4.54. The molecule has 0 bridgehead atoms. The summed E-state index contributed by atoms with van der Waals surface area (Å²) in [5.74, 6) is -0.660. The van der Waals surface area contributed by atoms with Gasteiger partial charge in [-0.1, -0.05) is 0 Å². The SMILES string of the molecule is CC(C)(C)OC(=O)N1CCc2c(cc(-c3ccncc3)n2CC(F)(F)F)C1=O. The van der Waals surface area contributed by atoms with Crippen LogP contribution in [-0.2, 0) is 17.7 Å². The maximum Gasteiger partial charge on any atom is 0.417 e. The van der Waals surface area contributed by atoms with Gasteiger partial charge in [0.2, 0.25) is 0 Å². The zero-order chi connectivity index (χ0) is 20.7. The van der Waals surface area contributed by atoms with E-state index in [0.29, 0.717) is 5.56 Å². The molecular weight excluding hydrogens is 375 g/mol. The third-order valence-corrected chi connectivity index (χ3v) is 4.18. The van der Waals surface area contributed by atoms with E-state index in [1.165, 1.54) is 18.5 Å². The molecule has 0 fully saturated rings. The fraction of sp³-hybridized carbons (Fsp3) is 0.421. The molecule has 3 rings (SSSR count). The first-order valence-electron chi connectivity index (χ1n) is 8.71. The Morgan fingerprint density at radius 2 is 1.86 bits per heavy atom. The van der Waals surface area contributed by atoms with E-state index in [0.717, 1.165) is 9.47 Å². The predicted octanol–water partition coefficient (Wildman–Crippen LogP) is 4.05. The van der Waals surface area contributed by atoms with E-state index in [9.17, 15) is 22.8 Å². The smallest absolute Gasteiger partial charge is 0.417 e. The monoisotopic (exact) mass is 395 g/mol. The number of pyridine rings is 1. The Hall–Kier alpha value is -2.84. The van der Waals surface area contributed by atoms with E-state index in [-0.39, 0.29) is 29.9 Å². The van der Waals surface area contributed by atoms with Gasteiger partial charge >= 0.3 is 12.3 Å². The van der Waals surface area contributed by atoms with Crippen LogP contribution in [-0.4, -0.2) is 44.8 Å². The largest absolute Gasteiger partial charge is 0.443 e. The quantitative estimate of drug-likeness (QED) is 0.770. The molecule has 1 aliphatic rings. The molecule has 0 N–H and O–H groups in total. The number of hydrogen-bond donors (Lipinski definition) is 0. The van der Waals surface area contributed by atoms with Gasteiger partial charge in [-0.25, -0.2) is 9.69 Å². The van der Waals surface area contributed by atoms with E-state index in [1.54, 1.807) is 32.9 Å². The van der Waals surface area contributed by atoms with Crippen molar-refractivity contribution in [2.45, 2.75) is 45.5 Å². The Bertz CT molecular complexity index is 899. The number of rotatable bonds is 2. The van der Waals surface area contributed by atoms with Crippen LogP contribution < -0.4 is 0 Å². The first-order valence-corrected chi connectivity index (χ1v) is 8.71. The van der Waals surface area contributed by atoms with Gasteiger partial charge in [0.1, 0.15) is 12.1 Å². The van der Waals surface area contributed by atoms with E-state index < -0.39 is 30.3 Å². The molecule has 2 aromatic rings. The molecule has 1 aliphatic heterocycles. The summed E-state index contributed by atoms with van der Waals surface area (Å²) in [6.45, 7) is 3.75. The minimum atomic E-state index is -4.46. The summed E-state index contributed by atoms with van der Waals surface area (Å²) in [7, 11) is 0. The highest BCUT2D eigenvalue weighted by Crippen LogP contribution is 2.33. The summed E-state index contributed by atoms with van der Waals surface area (Å²) in [5.41, 5.74) is 0.304. The molecule has 6 nitrogen and oxygen atoms in total. The number of ether oxygens (including phenoxy) is 1. The normalized spacial score (nSPS) is 14.8. The van der Waals surface area contributed by atoms with Crippen molar-refractivity contribution in [2.75, 3.05) is 6.54 Å². The van der Waals surface area contributed by atoms with Crippen LogP contribution in [0.15, 0.2) is 30.6 Å². The summed E-state index contributed by atoms with van der Waals surface area (Å²) in [5, 5.41) is 0. The fourth-order valence-corrected chi connectivity index (χ4v) is 3.12. The lowest BCUT2D eigenvalue weighted by atomic mass is 10.1. The second-order valence-electron chi connectivity index (χ2n) is 7.51. The van der Waals surface area contributed by atoms with Crippen molar-refractivity contribution in [3.8, 4) is 11.3 Å². The molecule has 0 spiro atoms. The summed E-state index contributed by atoms with van der Waals surface area (Å²) >= 11 is 0. The maximum absolute atomic E-state index is 13.2. The number of aromatic nitrogens is 2. The molecule has 2 amide bonds. The second-order valence-corrected chi connectivity index (χ2v) is 7.51. The topological polar surface area (TPSA) is 64.4 Å². The van der Waals surface area contributed by atoms with E-state index in [1.807, 2.05) is 0 Å². The van der Waals surface area contributed by atoms with Gasteiger partial charge in [0.15, 0.2) is 0 Å². The van der Waals surface area contributed by atoms with Crippen LogP contribution >= 0.6 is 0 Å². The molecule has 0 atom stereocenters. The van der Waals surface area contributed by atoms with Gasteiger partial charge < -0.3 is 9.30 Å². The zero-order valence-corrected chi connectivity index (χ0v) is 15.7. The highest BCUT2D eigenvalue weighted by molar-refractivity contribution is 6.05. The molecule has 0 aromatic carbocycles. The number of halogens is 3. The van der Waals surface area contributed by atoms with Gasteiger partial charge in [-0.3, -0.25) is 9.78 Å². The maximum atomic E-state index is 13.2. The molecule has 28 heavy (non-hydrogen) atoms. The van der Waals surface area contributed by atoms with E-state index in [4.69, 9.17) is 4.74 Å². The van der Waals surface area contributed by atoms with Crippen LogP contribution in [0.1, 0.15) is 36.8 Å². The Morgan fingerprint density at radius 3 is 2.43 bits per heavy atom. The van der Waals surface area contributed by atoms with Crippen molar-refractivity contribution in [1.82, 2.24) is 14.5 Å². The second kappa shape index (κ2) is 6.96. The molecule has 0 radical (unpaired) electrons. The van der Waals surface area contributed by atoms with Crippen LogP contribution in [0.4, 0.5) is 18.0 Å². The van der Waals surface area contributed by atoms with Crippen molar-refractivity contribution in [2.24, 2.45) is 0 Å². The van der Waals surface area contributed by atoms with Crippen molar-refractivity contribution in [3.05, 3.63) is 41.9 Å². The Labute approximate surface area is 159 Å². The van der Waals surface area contributed by atoms with Gasteiger partial charge in [-0.05, 0) is 39.0 Å². The first-order chi connectivity index (χ1) is 13.0. The van der Waals surface area contributed by atoms with Crippen LogP contribution in [0.5, 0.6) is 0 Å². The third kappa shape index (κ3) is 4.18. The number of carbonyl (C=O) groups is 2. The van der Waals surface area contributed by atoms with Gasteiger partial charge in [0.25, 0.3) is 5.91 Å². The molecule has 0 unspecified atom stereocenters. The van der Waals surface area contributed by atoms with Crippen molar-refractivity contribution < 1.29 is 27.5 Å². The number of hydrogen-bond acceptors (Lipinski definition) is 4. The number of carbonyl (C=O) groups excluding carboxylic acids is 2. The number of nitrogens with zero attached hydrogens (tertiary/aromatic N) is 3. The van der Waals surface area contributed by atoms with E-state index >= 15 is 0 Å². The molecule has 0 aliphatic carbocycles. The van der Waals surface area contributed by atoms with Crippen LogP contribution in [0, 0.1) is 0 Å². The lowest BCUT2D eigenvalue weighted by Crippen LogP contribution is -2.44. The fourth-order valence-electron chi connectivity index (χ4n) is 3.12. The highest BCUT2D eigenvalue weighted by Gasteiger charge is 2.38. The van der Waals surface area contributed by atoms with E-state index in [2.05, 4.69) is 4.98 Å². The van der Waals surface area contributed by atoms with Gasteiger partial charge in [0.05, 0.1) is 5.56 Å². The summed E-state index contributed by atoms with van der Waals surface area (Å²) in [4.78, 5) is 29.9. The molecule has 2 aromatic heterocycles. The Kier molecular flexibility index (Phi) is 4.95. The zero-order valence-electron chi connectivity index (χ0n) is 15.7. The first kappa shape index (κ1) is 19.9. The Morgan fingerprint density at radius 1 is 1.21 bits per heavy atom. The molecule has 3 heterocycles. The third-order valence-electron chi connectivity index (χ3n) is 4.18. The lowest BCUT2D eigenvalue weighted by Gasteiger charge is -2.29. The summed E-state index contributed by atoms with van der Waals surface area (Å²) in [6.07, 6.45) is -2.22. The van der Waals surface area contributed by atoms with Gasteiger partial charge in [-0.2, -0.15) is 13.2 Å². The van der Waals surface area contributed by atoms with Crippen LogP contribution in [0.25, 0.3) is 11.3 Å². The predicted molar refractivity (Wildman–Crippen MR) is 94.7 cm³/mol. The highest BCUT2D eigenvalue weighted by atomic mass is 19.4. The number of amides is 2. The average Bonchev–Trinajstić information content (AvgIpc) is 2.92. The molecule has 9 heteroatoms. The minimum Gasteiger partial charge on any atom is -0.443 e. The molecule has 150 valence electrons. The number of imide groups is 1. The Balaban J connectivity index is 2.03. The van der Waals surface area contributed by atoms with Crippen LogP contribution in [0.3, 0.4) is 0 Å². The molecule has 0 saturated heterocycles. The lowest BCUT2D eigenvalue weighted by molar-refractivity contribution is -0.140. The number of alkyl halides is 3. The van der Waals surface area contributed by atoms with Crippen LogP contribution in [0.2, 0.25) is 0 Å². The van der Waals surface area contributed by atoms with Crippen molar-refractivity contribution in [1.29, 1.82) is 0 Å². The molecular formula is C19H20F3N3O3. The van der Waals surface area contributed by atoms with Gasteiger partial charge in [0, 0.05) is 42.3 Å². The standard InChI is InChI=1S/C19H20F3N3O3/c1-18(2,3)28-17(27)24-9-6-14-13(16(24)26)10-15(12-4-7-23-8-5-12)25(14)11-19(20,21)22/h4-5,7-8,10H,6,9,11H2,1-3H3. The molecule has 0 saturated carbocycles. The van der Waals surface area contributed by atoms with Crippen molar-refractivity contribution >= 4 is 12.0 Å². The minimum absolute atomic E-state index is 0.0433. The average molecular weight is 395 g/mol. The van der Waals surface area contributed by atoms with Gasteiger partial charge in [-0.15, -0.1) is 0 Å². The summed E-state index contributed by atoms with van der Waals surface area (Å²) < 4.78 is 45.8. The number of fused-ring (bicyclic) bond motifs is 1.